The quantitative estimate of drug-likeness (QED) is 0.419. The molecule has 2 saturated heterocycles. The Labute approximate surface area is 261 Å². The number of rotatable bonds is 8. The number of carbonyl (C=O) groups is 2. The first-order valence-corrected chi connectivity index (χ1v) is 16.8. The Morgan fingerprint density at radius 2 is 1.77 bits per heavy atom. The van der Waals surface area contributed by atoms with Crippen LogP contribution in [0.2, 0.25) is 0 Å². The highest BCUT2D eigenvalue weighted by atomic mass is 32.1. The molecule has 3 atom stereocenters. The molecule has 2 aliphatic heterocycles. The van der Waals surface area contributed by atoms with E-state index >= 15 is 0 Å². The number of nitrogens with one attached hydrogen (secondary N) is 1. The van der Waals surface area contributed by atoms with Gasteiger partial charge in [-0.3, -0.25) is 14.5 Å². The number of amides is 2. The molecular formula is C34H49N5O3S. The van der Waals surface area contributed by atoms with E-state index in [2.05, 4.69) is 45.4 Å². The molecule has 3 fully saturated rings. The topological polar surface area (TPSA) is 101 Å². The number of benzene rings is 1. The monoisotopic (exact) mass is 607 g/mol. The third-order valence-electron chi connectivity index (χ3n) is 8.80. The van der Waals surface area contributed by atoms with Crippen LogP contribution in [-0.2, 0) is 14.3 Å². The van der Waals surface area contributed by atoms with Gasteiger partial charge in [0.2, 0.25) is 11.8 Å². The summed E-state index contributed by atoms with van der Waals surface area (Å²) in [7, 11) is 0. The number of nitrogens with zero attached hydrogens (tertiary/aromatic N) is 3. The number of ether oxygens (including phenoxy) is 1. The molecule has 3 N–H and O–H groups in total. The van der Waals surface area contributed by atoms with Gasteiger partial charge in [-0.05, 0) is 49.7 Å². The van der Waals surface area contributed by atoms with Crippen LogP contribution in [0.25, 0.3) is 10.4 Å². The van der Waals surface area contributed by atoms with Gasteiger partial charge in [-0.25, -0.2) is 4.98 Å². The first kappa shape index (κ1) is 33.1. The lowest BCUT2D eigenvalue weighted by Gasteiger charge is -2.34. The fourth-order valence-electron chi connectivity index (χ4n) is 6.18. The van der Waals surface area contributed by atoms with Crippen molar-refractivity contribution in [3.63, 3.8) is 0 Å². The van der Waals surface area contributed by atoms with Crippen LogP contribution in [-0.4, -0.2) is 78.1 Å². The molecule has 43 heavy (non-hydrogen) atoms. The Bertz CT molecular complexity index is 1210. The highest BCUT2D eigenvalue weighted by Crippen LogP contribution is 2.30. The predicted molar refractivity (Wildman–Crippen MR) is 173 cm³/mol. The lowest BCUT2D eigenvalue weighted by atomic mass is 9.83. The average Bonchev–Trinajstić information content (AvgIpc) is 3.71. The molecule has 0 spiro atoms. The first-order valence-electron chi connectivity index (χ1n) is 15.9. The van der Waals surface area contributed by atoms with E-state index in [1.54, 1.807) is 16.2 Å². The molecule has 5 rings (SSSR count). The molecule has 234 valence electrons. The van der Waals surface area contributed by atoms with Crippen LogP contribution >= 0.6 is 11.3 Å². The molecule has 3 unspecified atom stereocenters. The predicted octanol–water partition coefficient (Wildman–Crippen LogP) is 4.78. The van der Waals surface area contributed by atoms with Crippen molar-refractivity contribution in [2.75, 3.05) is 39.4 Å². The summed E-state index contributed by atoms with van der Waals surface area (Å²) in [4.78, 5) is 36.7. The second-order valence-corrected chi connectivity index (χ2v) is 13.2. The van der Waals surface area contributed by atoms with E-state index in [4.69, 9.17) is 16.9 Å². The highest BCUT2D eigenvalue weighted by Gasteiger charge is 2.39. The van der Waals surface area contributed by atoms with E-state index in [1.165, 1.54) is 11.3 Å². The number of aromatic nitrogens is 1. The molecule has 0 radical (unpaired) electrons. The van der Waals surface area contributed by atoms with Gasteiger partial charge in [0.05, 0.1) is 41.4 Å². The average molecular weight is 608 g/mol. The molecular weight excluding hydrogens is 558 g/mol. The number of terminal acetylenes is 1. The minimum atomic E-state index is -0.504. The van der Waals surface area contributed by atoms with Crippen LogP contribution < -0.4 is 11.1 Å². The second-order valence-electron chi connectivity index (χ2n) is 12.3. The van der Waals surface area contributed by atoms with E-state index in [0.717, 1.165) is 62.0 Å². The first-order chi connectivity index (χ1) is 20.8. The van der Waals surface area contributed by atoms with E-state index in [1.807, 2.05) is 26.3 Å². The zero-order chi connectivity index (χ0) is 30.8. The molecule has 1 aromatic heterocycles. The van der Waals surface area contributed by atoms with Gasteiger partial charge in [0.15, 0.2) is 0 Å². The Kier molecular flexibility index (Phi) is 12.6. The maximum absolute atomic E-state index is 13.7. The third kappa shape index (κ3) is 9.12. The van der Waals surface area contributed by atoms with Gasteiger partial charge in [-0.15, -0.1) is 23.7 Å². The van der Waals surface area contributed by atoms with Crippen molar-refractivity contribution < 1.29 is 14.3 Å². The van der Waals surface area contributed by atoms with Gasteiger partial charge in [-0.1, -0.05) is 57.4 Å². The van der Waals surface area contributed by atoms with E-state index in [0.29, 0.717) is 38.6 Å². The standard InChI is InChI=1S/C29H41N5O3S.C5H8/c1-20-27(38-19-31-20)23-11-9-21(10-12-23)24(18-33-14-16-37-17-15-33)32-28(35)25-8-5-13-34(25)29(36)26(30)22-6-3-2-4-7-22;1-4-5(2)3/h9-12,19,22,24-26H,2-8,13-18,30H2,1H3,(H,32,35);1,5H,2-3H3. The lowest BCUT2D eigenvalue weighted by Crippen LogP contribution is -2.54. The summed E-state index contributed by atoms with van der Waals surface area (Å²) >= 11 is 1.64. The number of thiazole rings is 1. The van der Waals surface area contributed by atoms with Gasteiger partial charge in [0.25, 0.3) is 0 Å². The summed E-state index contributed by atoms with van der Waals surface area (Å²) in [5.41, 5.74) is 11.6. The van der Waals surface area contributed by atoms with Crippen LogP contribution in [0.1, 0.15) is 76.1 Å². The van der Waals surface area contributed by atoms with Gasteiger partial charge in [0, 0.05) is 32.1 Å². The van der Waals surface area contributed by atoms with Gasteiger partial charge in [-0.2, -0.15) is 0 Å². The van der Waals surface area contributed by atoms with Crippen molar-refractivity contribution in [3.05, 3.63) is 41.0 Å². The fraction of sp³-hybridized carbons (Fsp3) is 0.618. The van der Waals surface area contributed by atoms with Crippen LogP contribution in [0.3, 0.4) is 0 Å². The molecule has 2 aromatic rings. The summed E-state index contributed by atoms with van der Waals surface area (Å²) in [6, 6.07) is 7.31. The minimum Gasteiger partial charge on any atom is -0.379 e. The summed E-state index contributed by atoms with van der Waals surface area (Å²) < 4.78 is 5.54. The van der Waals surface area contributed by atoms with Gasteiger partial charge >= 0.3 is 0 Å². The van der Waals surface area contributed by atoms with E-state index in [-0.39, 0.29) is 23.8 Å². The maximum atomic E-state index is 13.7. The number of nitrogens with two attached hydrogens (primary N) is 1. The number of hydrogen-bond donors (Lipinski definition) is 2. The van der Waals surface area contributed by atoms with Gasteiger partial charge in [0.1, 0.15) is 6.04 Å². The largest absolute Gasteiger partial charge is 0.379 e. The van der Waals surface area contributed by atoms with E-state index in [9.17, 15) is 9.59 Å². The van der Waals surface area contributed by atoms with Crippen molar-refractivity contribution >= 4 is 23.2 Å². The lowest BCUT2D eigenvalue weighted by molar-refractivity contribution is -0.140. The molecule has 1 aromatic carbocycles. The Balaban J connectivity index is 0.000000782. The zero-order valence-electron chi connectivity index (χ0n) is 26.1. The Morgan fingerprint density at radius 1 is 1.09 bits per heavy atom. The van der Waals surface area contributed by atoms with Crippen molar-refractivity contribution in [1.29, 1.82) is 0 Å². The summed E-state index contributed by atoms with van der Waals surface area (Å²) in [5, 5.41) is 3.33. The number of morpholine rings is 1. The van der Waals surface area contributed by atoms with Gasteiger partial charge < -0.3 is 20.7 Å². The number of carbonyl (C=O) groups excluding carboxylic acids is 2. The Hall–Kier alpha value is -2.77. The smallest absolute Gasteiger partial charge is 0.243 e. The normalized spacial score (nSPS) is 21.0. The van der Waals surface area contributed by atoms with Crippen molar-refractivity contribution in [2.24, 2.45) is 17.6 Å². The molecule has 3 aliphatic rings. The van der Waals surface area contributed by atoms with E-state index < -0.39 is 12.1 Å². The zero-order valence-corrected chi connectivity index (χ0v) is 26.9. The molecule has 1 aliphatic carbocycles. The molecule has 2 amide bonds. The summed E-state index contributed by atoms with van der Waals surface area (Å²) in [6.07, 6.45) is 12.0. The minimum absolute atomic E-state index is 0.0523. The maximum Gasteiger partial charge on any atom is 0.243 e. The van der Waals surface area contributed by atoms with Crippen LogP contribution in [0, 0.1) is 31.1 Å². The fourth-order valence-corrected chi connectivity index (χ4v) is 6.99. The van der Waals surface area contributed by atoms with Crippen molar-refractivity contribution in [2.45, 2.75) is 83.8 Å². The molecule has 0 bridgehead atoms. The summed E-state index contributed by atoms with van der Waals surface area (Å²) in [5.74, 6) is 3.04. The molecule has 9 heteroatoms. The molecule has 1 saturated carbocycles. The van der Waals surface area contributed by atoms with Crippen LogP contribution in [0.4, 0.5) is 0 Å². The molecule has 8 nitrogen and oxygen atoms in total. The van der Waals surface area contributed by atoms with Crippen LogP contribution in [0.5, 0.6) is 0 Å². The highest BCUT2D eigenvalue weighted by molar-refractivity contribution is 7.13. The third-order valence-corrected chi connectivity index (χ3v) is 9.77. The SMILES string of the molecule is C#CC(C)C.Cc1ncsc1-c1ccc(C(CN2CCOCC2)NC(=O)C2CCCN2C(=O)C(N)C2CCCCC2)cc1. The number of aryl methyl sites for hydroxylation is 1. The number of likely N-dealkylation sites (tertiary alicyclic amines) is 1. The number of hydrogen-bond acceptors (Lipinski definition) is 7. The second kappa shape index (κ2) is 16.3. The summed E-state index contributed by atoms with van der Waals surface area (Å²) in [6.45, 7) is 10.4. The van der Waals surface area contributed by atoms with Crippen molar-refractivity contribution in [3.8, 4) is 22.8 Å². The Morgan fingerprint density at radius 3 is 2.37 bits per heavy atom. The van der Waals surface area contributed by atoms with Crippen LogP contribution in [0.15, 0.2) is 29.8 Å². The molecule has 3 heterocycles. The van der Waals surface area contributed by atoms with Crippen molar-refractivity contribution in [1.82, 2.24) is 20.1 Å².